The van der Waals surface area contributed by atoms with E-state index in [0.29, 0.717) is 17.8 Å². The summed E-state index contributed by atoms with van der Waals surface area (Å²) in [6, 6.07) is 9.87. The summed E-state index contributed by atoms with van der Waals surface area (Å²) in [5, 5.41) is 11.6. The topological polar surface area (TPSA) is 62.2 Å². The average Bonchev–Trinajstić information content (AvgIpc) is 2.38. The minimum atomic E-state index is -0.978. The standard InChI is InChI=1S/C14H13FN2O2/c15-12-7-10(8-14(18)19)4-5-13(12)17-9-11-3-1-2-6-16-11/h1-7,17H,8-9H2,(H,18,19). The highest BCUT2D eigenvalue weighted by Gasteiger charge is 2.06. The Morgan fingerprint density at radius 3 is 2.79 bits per heavy atom. The molecule has 1 heterocycles. The Balaban J connectivity index is 2.03. The van der Waals surface area contributed by atoms with Crippen molar-refractivity contribution in [2.24, 2.45) is 0 Å². The molecule has 0 bridgehead atoms. The predicted molar refractivity (Wildman–Crippen MR) is 69.3 cm³/mol. The molecule has 0 aliphatic rings. The Morgan fingerprint density at radius 2 is 2.16 bits per heavy atom. The van der Waals surface area contributed by atoms with Gasteiger partial charge in [0.05, 0.1) is 24.3 Å². The molecule has 0 saturated carbocycles. The van der Waals surface area contributed by atoms with Gasteiger partial charge in [-0.3, -0.25) is 9.78 Å². The maximum Gasteiger partial charge on any atom is 0.307 e. The van der Waals surface area contributed by atoms with Crippen molar-refractivity contribution < 1.29 is 14.3 Å². The summed E-state index contributed by atoms with van der Waals surface area (Å²) in [5.74, 6) is -1.44. The molecule has 0 aliphatic carbocycles. The van der Waals surface area contributed by atoms with E-state index in [4.69, 9.17) is 5.11 Å². The minimum absolute atomic E-state index is 0.183. The van der Waals surface area contributed by atoms with Gasteiger partial charge in [-0.25, -0.2) is 4.39 Å². The normalized spacial score (nSPS) is 10.2. The highest BCUT2D eigenvalue weighted by molar-refractivity contribution is 5.70. The SMILES string of the molecule is O=C(O)Cc1ccc(NCc2ccccn2)c(F)c1. The largest absolute Gasteiger partial charge is 0.481 e. The summed E-state index contributed by atoms with van der Waals surface area (Å²) in [5.41, 5.74) is 1.57. The number of carboxylic acid groups (broad SMARTS) is 1. The Hall–Kier alpha value is -2.43. The monoisotopic (exact) mass is 260 g/mol. The number of anilines is 1. The minimum Gasteiger partial charge on any atom is -0.481 e. The van der Waals surface area contributed by atoms with Gasteiger partial charge in [0.25, 0.3) is 0 Å². The van der Waals surface area contributed by atoms with E-state index in [1.54, 1.807) is 12.3 Å². The van der Waals surface area contributed by atoms with Gasteiger partial charge in [-0.05, 0) is 29.8 Å². The van der Waals surface area contributed by atoms with E-state index in [9.17, 15) is 9.18 Å². The molecule has 2 aromatic rings. The fourth-order valence-electron chi connectivity index (χ4n) is 1.68. The van der Waals surface area contributed by atoms with E-state index < -0.39 is 11.8 Å². The number of pyridine rings is 1. The molecule has 5 heteroatoms. The number of hydrogen-bond acceptors (Lipinski definition) is 3. The number of nitrogens with one attached hydrogen (secondary N) is 1. The van der Waals surface area contributed by atoms with Crippen LogP contribution in [0.5, 0.6) is 0 Å². The number of aliphatic carboxylic acids is 1. The smallest absolute Gasteiger partial charge is 0.307 e. The van der Waals surface area contributed by atoms with Crippen LogP contribution < -0.4 is 5.32 Å². The van der Waals surface area contributed by atoms with Crippen LogP contribution >= 0.6 is 0 Å². The molecule has 0 aliphatic heterocycles. The molecule has 2 N–H and O–H groups in total. The van der Waals surface area contributed by atoms with E-state index >= 15 is 0 Å². The first kappa shape index (κ1) is 13.0. The molecule has 2 rings (SSSR count). The molecule has 98 valence electrons. The molecule has 1 aromatic carbocycles. The number of carbonyl (C=O) groups is 1. The van der Waals surface area contributed by atoms with E-state index in [0.717, 1.165) is 5.69 Å². The van der Waals surface area contributed by atoms with Crippen LogP contribution in [0.25, 0.3) is 0 Å². The highest BCUT2D eigenvalue weighted by atomic mass is 19.1. The van der Waals surface area contributed by atoms with E-state index in [2.05, 4.69) is 10.3 Å². The molecule has 0 atom stereocenters. The van der Waals surface area contributed by atoms with Crippen LogP contribution in [0.2, 0.25) is 0 Å². The fourth-order valence-corrected chi connectivity index (χ4v) is 1.68. The number of hydrogen-bond donors (Lipinski definition) is 2. The molecule has 0 fully saturated rings. The maximum atomic E-state index is 13.7. The summed E-state index contributed by atoms with van der Waals surface area (Å²) in [4.78, 5) is 14.6. The number of halogens is 1. The predicted octanol–water partition coefficient (Wildman–Crippen LogP) is 2.46. The van der Waals surface area contributed by atoms with Gasteiger partial charge in [0, 0.05) is 6.20 Å². The lowest BCUT2D eigenvalue weighted by molar-refractivity contribution is -0.136. The van der Waals surface area contributed by atoms with Gasteiger partial charge in [-0.1, -0.05) is 12.1 Å². The van der Waals surface area contributed by atoms with Crippen LogP contribution in [-0.4, -0.2) is 16.1 Å². The third-order valence-electron chi connectivity index (χ3n) is 2.57. The zero-order valence-electron chi connectivity index (χ0n) is 10.1. The number of carboxylic acids is 1. The molecule has 0 unspecified atom stereocenters. The van der Waals surface area contributed by atoms with Gasteiger partial charge >= 0.3 is 5.97 Å². The Morgan fingerprint density at radius 1 is 1.32 bits per heavy atom. The Labute approximate surface area is 109 Å². The lowest BCUT2D eigenvalue weighted by Crippen LogP contribution is -2.05. The number of benzene rings is 1. The van der Waals surface area contributed by atoms with Gasteiger partial charge in [0.1, 0.15) is 5.82 Å². The van der Waals surface area contributed by atoms with Crippen molar-refractivity contribution in [2.45, 2.75) is 13.0 Å². The van der Waals surface area contributed by atoms with E-state index in [1.165, 1.54) is 12.1 Å². The first-order valence-corrected chi connectivity index (χ1v) is 5.79. The molecule has 0 amide bonds. The summed E-state index contributed by atoms with van der Waals surface area (Å²) >= 11 is 0. The molecule has 19 heavy (non-hydrogen) atoms. The fraction of sp³-hybridized carbons (Fsp3) is 0.143. The third kappa shape index (κ3) is 3.77. The van der Waals surface area contributed by atoms with Gasteiger partial charge in [0.15, 0.2) is 0 Å². The molecule has 4 nitrogen and oxygen atoms in total. The van der Waals surface area contributed by atoms with Crippen molar-refractivity contribution >= 4 is 11.7 Å². The van der Waals surface area contributed by atoms with Crippen LogP contribution in [0.1, 0.15) is 11.3 Å². The van der Waals surface area contributed by atoms with Crippen LogP contribution in [0.3, 0.4) is 0 Å². The first-order valence-electron chi connectivity index (χ1n) is 5.79. The summed E-state index contributed by atoms with van der Waals surface area (Å²) in [6.45, 7) is 0.413. The van der Waals surface area contributed by atoms with Crippen molar-refractivity contribution in [1.29, 1.82) is 0 Å². The van der Waals surface area contributed by atoms with E-state index in [1.807, 2.05) is 18.2 Å². The summed E-state index contributed by atoms with van der Waals surface area (Å²) < 4.78 is 13.7. The van der Waals surface area contributed by atoms with Crippen LogP contribution in [-0.2, 0) is 17.8 Å². The van der Waals surface area contributed by atoms with Crippen molar-refractivity contribution in [3.8, 4) is 0 Å². The van der Waals surface area contributed by atoms with Crippen molar-refractivity contribution in [3.05, 3.63) is 59.7 Å². The number of rotatable bonds is 5. The molecule has 0 spiro atoms. The molecule has 0 saturated heterocycles. The Bertz CT molecular complexity index is 573. The quantitative estimate of drug-likeness (QED) is 0.866. The van der Waals surface area contributed by atoms with Crippen molar-refractivity contribution in [1.82, 2.24) is 4.98 Å². The number of nitrogens with zero attached hydrogens (tertiary/aromatic N) is 1. The number of aromatic nitrogens is 1. The lowest BCUT2D eigenvalue weighted by Gasteiger charge is -2.08. The van der Waals surface area contributed by atoms with Gasteiger partial charge in [0.2, 0.25) is 0 Å². The average molecular weight is 260 g/mol. The molecular formula is C14H13FN2O2. The maximum absolute atomic E-state index is 13.7. The second kappa shape index (κ2) is 5.95. The van der Waals surface area contributed by atoms with Gasteiger partial charge in [-0.2, -0.15) is 0 Å². The van der Waals surface area contributed by atoms with Crippen LogP contribution in [0.15, 0.2) is 42.6 Å². The zero-order valence-corrected chi connectivity index (χ0v) is 10.1. The second-order valence-corrected chi connectivity index (χ2v) is 4.06. The van der Waals surface area contributed by atoms with Crippen molar-refractivity contribution in [3.63, 3.8) is 0 Å². The van der Waals surface area contributed by atoms with Crippen LogP contribution in [0, 0.1) is 5.82 Å². The Kier molecular flexibility index (Phi) is 4.07. The van der Waals surface area contributed by atoms with Crippen molar-refractivity contribution in [2.75, 3.05) is 5.32 Å². The van der Waals surface area contributed by atoms with Gasteiger partial charge in [-0.15, -0.1) is 0 Å². The third-order valence-corrected chi connectivity index (χ3v) is 2.57. The summed E-state index contributed by atoms with van der Waals surface area (Å²) in [6.07, 6.45) is 1.49. The molecular weight excluding hydrogens is 247 g/mol. The first-order chi connectivity index (χ1) is 9.15. The van der Waals surface area contributed by atoms with E-state index in [-0.39, 0.29) is 6.42 Å². The zero-order chi connectivity index (χ0) is 13.7. The van der Waals surface area contributed by atoms with Crippen LogP contribution in [0.4, 0.5) is 10.1 Å². The van der Waals surface area contributed by atoms with Gasteiger partial charge < -0.3 is 10.4 Å². The summed E-state index contributed by atoms with van der Waals surface area (Å²) in [7, 11) is 0. The molecule has 1 aromatic heterocycles. The second-order valence-electron chi connectivity index (χ2n) is 4.06. The highest BCUT2D eigenvalue weighted by Crippen LogP contribution is 2.16. The molecule has 0 radical (unpaired) electrons. The lowest BCUT2D eigenvalue weighted by atomic mass is 10.1.